The number of benzene rings is 1. The number of carbonyl (C=O) groups is 2. The second-order valence-electron chi connectivity index (χ2n) is 3.58. The van der Waals surface area contributed by atoms with Crippen LogP contribution in [0, 0.1) is 20.8 Å². The number of halogens is 1. The van der Waals surface area contributed by atoms with Gasteiger partial charge in [-0.05, 0) is 37.5 Å². The smallest absolute Gasteiger partial charge is 0.229 e. The summed E-state index contributed by atoms with van der Waals surface area (Å²) in [5.41, 5.74) is 2.95. The molecule has 3 nitrogen and oxygen atoms in total. The molecule has 0 radical (unpaired) electrons. The highest BCUT2D eigenvalue weighted by molar-refractivity contribution is 9.10. The molecule has 0 fully saturated rings. The highest BCUT2D eigenvalue weighted by Gasteiger charge is 2.21. The van der Waals surface area contributed by atoms with Gasteiger partial charge in [0.05, 0.1) is 12.7 Å². The number of rotatable bonds is 3. The Balaban J connectivity index is 3.70. The van der Waals surface area contributed by atoms with Gasteiger partial charge in [-0.3, -0.25) is 9.59 Å². The van der Waals surface area contributed by atoms with Crippen LogP contribution in [0.4, 0.5) is 0 Å². The van der Waals surface area contributed by atoms with Crippen molar-refractivity contribution in [1.82, 2.24) is 0 Å². The minimum Gasteiger partial charge on any atom is -0.496 e. The summed E-state index contributed by atoms with van der Waals surface area (Å²) in [7, 11) is 1.50. The fourth-order valence-electron chi connectivity index (χ4n) is 1.69. The molecule has 16 heavy (non-hydrogen) atoms. The Bertz CT molecular complexity index is 464. The van der Waals surface area contributed by atoms with E-state index in [2.05, 4.69) is 15.9 Å². The minimum absolute atomic E-state index is 0.312. The number of methoxy groups -OCH3 is 1. The molecule has 0 spiro atoms. The molecule has 0 heterocycles. The van der Waals surface area contributed by atoms with Crippen molar-refractivity contribution in [2.45, 2.75) is 20.8 Å². The second-order valence-corrected chi connectivity index (χ2v) is 4.37. The van der Waals surface area contributed by atoms with E-state index in [-0.39, 0.29) is 0 Å². The van der Waals surface area contributed by atoms with Crippen LogP contribution in [0.15, 0.2) is 4.47 Å². The van der Waals surface area contributed by atoms with Gasteiger partial charge in [0, 0.05) is 4.47 Å². The van der Waals surface area contributed by atoms with Crippen molar-refractivity contribution in [3.63, 3.8) is 0 Å². The number of hydrogen-bond donors (Lipinski definition) is 0. The molecule has 0 saturated carbocycles. The van der Waals surface area contributed by atoms with E-state index in [1.54, 1.807) is 6.92 Å². The molecular weight excluding hydrogens is 272 g/mol. The molecular formula is C12H13BrO3. The highest BCUT2D eigenvalue weighted by atomic mass is 79.9. The molecule has 0 bridgehead atoms. The highest BCUT2D eigenvalue weighted by Crippen LogP contribution is 2.35. The molecule has 0 unspecified atom stereocenters. The van der Waals surface area contributed by atoms with Crippen LogP contribution in [-0.2, 0) is 4.79 Å². The minimum atomic E-state index is -0.557. The Morgan fingerprint density at radius 2 is 1.75 bits per heavy atom. The summed E-state index contributed by atoms with van der Waals surface area (Å²) < 4.78 is 6.06. The monoisotopic (exact) mass is 284 g/mol. The summed E-state index contributed by atoms with van der Waals surface area (Å²) in [5, 5.41) is 0. The van der Waals surface area contributed by atoms with Gasteiger partial charge in [-0.15, -0.1) is 0 Å². The van der Waals surface area contributed by atoms with Crippen molar-refractivity contribution in [3.05, 3.63) is 26.7 Å². The van der Waals surface area contributed by atoms with E-state index in [4.69, 9.17) is 4.74 Å². The lowest BCUT2D eigenvalue weighted by atomic mass is 9.96. The van der Waals surface area contributed by atoms with Crippen LogP contribution in [0.25, 0.3) is 0 Å². The Kier molecular flexibility index (Phi) is 3.86. The fourth-order valence-corrected chi connectivity index (χ4v) is 2.19. The first-order valence-corrected chi connectivity index (χ1v) is 5.57. The number of ketones is 1. The average Bonchev–Trinajstić information content (AvgIpc) is 2.29. The van der Waals surface area contributed by atoms with Crippen LogP contribution >= 0.6 is 15.9 Å². The lowest BCUT2D eigenvalue weighted by molar-refractivity contribution is -0.104. The molecule has 0 atom stereocenters. The van der Waals surface area contributed by atoms with Gasteiger partial charge in [0.2, 0.25) is 5.78 Å². The molecule has 0 saturated heterocycles. The van der Waals surface area contributed by atoms with Gasteiger partial charge in [0.1, 0.15) is 5.75 Å². The van der Waals surface area contributed by atoms with Crippen LogP contribution in [0.1, 0.15) is 27.0 Å². The van der Waals surface area contributed by atoms with Crippen molar-refractivity contribution in [3.8, 4) is 5.75 Å². The Morgan fingerprint density at radius 3 is 2.19 bits per heavy atom. The quantitative estimate of drug-likeness (QED) is 0.487. The molecule has 0 aromatic heterocycles. The predicted molar refractivity (Wildman–Crippen MR) is 65.3 cm³/mol. The fraction of sp³-hybridized carbons (Fsp3) is 0.333. The zero-order valence-electron chi connectivity index (χ0n) is 9.68. The van der Waals surface area contributed by atoms with E-state index in [0.717, 1.165) is 21.2 Å². The number of aldehydes is 1. The molecule has 86 valence electrons. The van der Waals surface area contributed by atoms with Crippen LogP contribution in [0.5, 0.6) is 5.75 Å². The largest absolute Gasteiger partial charge is 0.496 e. The van der Waals surface area contributed by atoms with Gasteiger partial charge < -0.3 is 4.74 Å². The molecule has 1 rings (SSSR count). The van der Waals surface area contributed by atoms with Crippen molar-refractivity contribution in [2.24, 2.45) is 0 Å². The van der Waals surface area contributed by atoms with E-state index in [9.17, 15) is 9.59 Å². The Labute approximate surface area is 103 Å². The van der Waals surface area contributed by atoms with Crippen molar-refractivity contribution in [1.29, 1.82) is 0 Å². The number of hydrogen-bond acceptors (Lipinski definition) is 3. The number of Topliss-reactive ketones (excluding diaryl/α,β-unsaturated/α-hetero) is 1. The molecule has 0 aliphatic carbocycles. The summed E-state index contributed by atoms with van der Waals surface area (Å²) in [6.45, 7) is 5.58. The molecule has 0 N–H and O–H groups in total. The summed E-state index contributed by atoms with van der Waals surface area (Å²) in [6.07, 6.45) is 0.312. The summed E-state index contributed by atoms with van der Waals surface area (Å²) in [6, 6.07) is 0. The summed E-state index contributed by atoms with van der Waals surface area (Å²) in [4.78, 5) is 22.2. The van der Waals surface area contributed by atoms with Gasteiger partial charge in [0.15, 0.2) is 6.29 Å². The van der Waals surface area contributed by atoms with Gasteiger partial charge >= 0.3 is 0 Å². The third kappa shape index (κ3) is 1.89. The molecule has 0 amide bonds. The van der Waals surface area contributed by atoms with Crippen LogP contribution in [-0.4, -0.2) is 19.2 Å². The van der Waals surface area contributed by atoms with E-state index in [1.807, 2.05) is 13.8 Å². The van der Waals surface area contributed by atoms with Crippen molar-refractivity contribution in [2.75, 3.05) is 7.11 Å². The van der Waals surface area contributed by atoms with Gasteiger partial charge in [-0.25, -0.2) is 0 Å². The topological polar surface area (TPSA) is 43.4 Å². The normalized spacial score (nSPS) is 10.1. The average molecular weight is 285 g/mol. The maximum Gasteiger partial charge on any atom is 0.229 e. The maximum absolute atomic E-state index is 11.6. The van der Waals surface area contributed by atoms with Gasteiger partial charge in [-0.2, -0.15) is 0 Å². The Hall–Kier alpha value is -1.16. The van der Waals surface area contributed by atoms with E-state index < -0.39 is 5.78 Å². The predicted octanol–water partition coefficient (Wildman–Crippen LogP) is 2.76. The third-order valence-electron chi connectivity index (χ3n) is 2.72. The van der Waals surface area contributed by atoms with Gasteiger partial charge in [-0.1, -0.05) is 15.9 Å². The zero-order valence-corrected chi connectivity index (χ0v) is 11.3. The van der Waals surface area contributed by atoms with Crippen LogP contribution in [0.3, 0.4) is 0 Å². The summed E-state index contributed by atoms with van der Waals surface area (Å²) >= 11 is 3.42. The molecule has 0 aliphatic rings. The third-order valence-corrected chi connectivity index (χ3v) is 3.91. The van der Waals surface area contributed by atoms with Crippen molar-refractivity contribution >= 4 is 28.0 Å². The van der Waals surface area contributed by atoms with E-state index >= 15 is 0 Å². The zero-order chi connectivity index (χ0) is 12.5. The molecule has 1 aromatic rings. The first-order chi connectivity index (χ1) is 7.45. The summed E-state index contributed by atoms with van der Waals surface area (Å²) in [5.74, 6) is -0.0755. The molecule has 4 heteroatoms. The lowest BCUT2D eigenvalue weighted by Crippen LogP contribution is -2.09. The van der Waals surface area contributed by atoms with Crippen LogP contribution < -0.4 is 4.74 Å². The molecule has 1 aromatic carbocycles. The molecule has 0 aliphatic heterocycles. The Morgan fingerprint density at radius 1 is 1.19 bits per heavy atom. The van der Waals surface area contributed by atoms with Crippen LogP contribution in [0.2, 0.25) is 0 Å². The lowest BCUT2D eigenvalue weighted by Gasteiger charge is -2.16. The maximum atomic E-state index is 11.6. The van der Waals surface area contributed by atoms with Crippen molar-refractivity contribution < 1.29 is 14.3 Å². The SMILES string of the molecule is COc1c(C)c(C)c(Br)c(C)c1C(=O)C=O. The van der Waals surface area contributed by atoms with E-state index in [0.29, 0.717) is 17.6 Å². The first-order valence-electron chi connectivity index (χ1n) is 4.78. The number of ether oxygens (including phenoxy) is 1. The first kappa shape index (κ1) is 12.9. The van der Waals surface area contributed by atoms with Gasteiger partial charge in [0.25, 0.3) is 0 Å². The van der Waals surface area contributed by atoms with E-state index in [1.165, 1.54) is 7.11 Å². The standard InChI is InChI=1S/C12H13BrO3/c1-6-7(2)12(16-4)10(9(15)5-14)8(3)11(6)13/h5H,1-4H3. The number of carbonyl (C=O) groups excluding carboxylic acids is 2. The second kappa shape index (κ2) is 4.78.